The Morgan fingerprint density at radius 2 is 1.26 bits per heavy atom. The Morgan fingerprint density at radius 3 is 1.87 bits per heavy atom. The fourth-order valence-corrected chi connectivity index (χ4v) is 4.15. The van der Waals surface area contributed by atoms with Crippen molar-refractivity contribution in [1.29, 1.82) is 0 Å². The molecule has 204 valence electrons. The zero-order valence-corrected chi connectivity index (χ0v) is 20.6. The molecule has 0 saturated heterocycles. The zero-order chi connectivity index (χ0) is 28.3. The lowest BCUT2D eigenvalue weighted by molar-refractivity contribution is -0.185. The van der Waals surface area contributed by atoms with Crippen LogP contribution in [0.1, 0.15) is 35.6 Å². The van der Waals surface area contributed by atoms with Gasteiger partial charge in [-0.2, -0.15) is 8.78 Å². The smallest absolute Gasteiger partial charge is 0.426 e. The van der Waals surface area contributed by atoms with Crippen molar-refractivity contribution in [2.45, 2.75) is 38.7 Å². The normalized spacial score (nSPS) is 11.6. The summed E-state index contributed by atoms with van der Waals surface area (Å²) in [6, 6.07) is 12.0. The lowest BCUT2D eigenvalue weighted by Crippen LogP contribution is -2.22. The number of hydrogen-bond acceptors (Lipinski definition) is 1. The Balaban J connectivity index is 1.46. The second-order valence-electron chi connectivity index (χ2n) is 8.97. The minimum absolute atomic E-state index is 0.00302. The maximum Gasteiger partial charge on any atom is 0.426 e. The largest absolute Gasteiger partial charge is 0.429 e. The highest BCUT2D eigenvalue weighted by Crippen LogP contribution is 2.34. The van der Waals surface area contributed by atoms with Crippen molar-refractivity contribution in [2.75, 3.05) is 0 Å². The van der Waals surface area contributed by atoms with Crippen LogP contribution in [-0.4, -0.2) is 0 Å². The first-order valence-corrected chi connectivity index (χ1v) is 12.1. The van der Waals surface area contributed by atoms with Crippen LogP contribution in [0.5, 0.6) is 5.75 Å². The Morgan fingerprint density at radius 1 is 0.615 bits per heavy atom. The number of rotatable bonds is 9. The van der Waals surface area contributed by atoms with E-state index in [0.717, 1.165) is 36.4 Å². The van der Waals surface area contributed by atoms with Crippen molar-refractivity contribution < 1.29 is 39.9 Å². The van der Waals surface area contributed by atoms with Crippen LogP contribution in [0.25, 0.3) is 11.1 Å². The van der Waals surface area contributed by atoms with Gasteiger partial charge in [-0.1, -0.05) is 43.7 Å². The molecule has 4 rings (SSSR count). The summed E-state index contributed by atoms with van der Waals surface area (Å²) in [6.45, 7) is 1.84. The van der Waals surface area contributed by atoms with Gasteiger partial charge in [0.25, 0.3) is 0 Å². The molecule has 0 amide bonds. The van der Waals surface area contributed by atoms with E-state index >= 15 is 0 Å². The molecule has 0 aliphatic heterocycles. The molecule has 39 heavy (non-hydrogen) atoms. The molecule has 0 saturated carbocycles. The second kappa shape index (κ2) is 11.5. The summed E-state index contributed by atoms with van der Waals surface area (Å²) in [5, 5.41) is 0. The molecule has 4 aromatic rings. The van der Waals surface area contributed by atoms with Crippen LogP contribution >= 0.6 is 0 Å². The Kier molecular flexibility index (Phi) is 8.28. The van der Waals surface area contributed by atoms with E-state index in [1.165, 1.54) is 24.3 Å². The maximum atomic E-state index is 14.8. The summed E-state index contributed by atoms with van der Waals surface area (Å²) in [5.74, 6) is -7.65. The number of benzene rings is 4. The van der Waals surface area contributed by atoms with Crippen LogP contribution in [0.15, 0.2) is 66.7 Å². The molecule has 9 heteroatoms. The van der Waals surface area contributed by atoms with E-state index in [1.807, 2.05) is 6.92 Å². The van der Waals surface area contributed by atoms with Gasteiger partial charge in [0.2, 0.25) is 0 Å². The van der Waals surface area contributed by atoms with E-state index in [1.54, 1.807) is 0 Å². The van der Waals surface area contributed by atoms with Gasteiger partial charge < -0.3 is 4.74 Å². The molecular formula is C30H22F8O. The first-order chi connectivity index (χ1) is 18.5. The third-order valence-corrected chi connectivity index (χ3v) is 6.21. The first kappa shape index (κ1) is 28.1. The topological polar surface area (TPSA) is 9.23 Å². The molecule has 0 spiro atoms. The summed E-state index contributed by atoms with van der Waals surface area (Å²) in [4.78, 5) is 0. The van der Waals surface area contributed by atoms with Gasteiger partial charge in [-0.05, 0) is 77.9 Å². The third-order valence-electron chi connectivity index (χ3n) is 6.21. The predicted octanol–water partition coefficient (Wildman–Crippen LogP) is 9.05. The van der Waals surface area contributed by atoms with Gasteiger partial charge in [-0.25, -0.2) is 26.3 Å². The maximum absolute atomic E-state index is 14.8. The molecular weight excluding hydrogens is 528 g/mol. The molecule has 0 heterocycles. The van der Waals surface area contributed by atoms with Crippen LogP contribution in [-0.2, 0) is 25.4 Å². The molecule has 0 aliphatic carbocycles. The number of aryl methyl sites for hydroxylation is 3. The monoisotopic (exact) mass is 550 g/mol. The molecule has 0 N–H and O–H groups in total. The number of halogens is 8. The Hall–Kier alpha value is -3.88. The average Bonchev–Trinajstić information content (AvgIpc) is 2.89. The first-order valence-electron chi connectivity index (χ1n) is 12.1. The van der Waals surface area contributed by atoms with Gasteiger partial charge in [0, 0.05) is 5.56 Å². The minimum Gasteiger partial charge on any atom is -0.429 e. The molecule has 0 unspecified atom stereocenters. The Labute approximate surface area is 219 Å². The van der Waals surface area contributed by atoms with Crippen molar-refractivity contribution in [1.82, 2.24) is 0 Å². The zero-order valence-electron chi connectivity index (χ0n) is 20.6. The van der Waals surface area contributed by atoms with Crippen LogP contribution < -0.4 is 4.74 Å². The fourth-order valence-electron chi connectivity index (χ4n) is 4.15. The Bertz CT molecular complexity index is 1460. The average molecular weight is 550 g/mol. The predicted molar refractivity (Wildman–Crippen MR) is 130 cm³/mol. The van der Waals surface area contributed by atoms with Crippen LogP contribution in [0.2, 0.25) is 0 Å². The highest BCUT2D eigenvalue weighted by Gasteiger charge is 2.35. The summed E-state index contributed by atoms with van der Waals surface area (Å²) < 4.78 is 118. The van der Waals surface area contributed by atoms with Crippen molar-refractivity contribution in [2.24, 2.45) is 0 Å². The van der Waals surface area contributed by atoms with Gasteiger partial charge in [-0.3, -0.25) is 0 Å². The quantitative estimate of drug-likeness (QED) is 0.149. The standard InChI is InChI=1S/C30H22F8O/c1-2-3-20-9-13-23(28(35)27(20)34)18-7-11-22(12-8-18)39-30(37,38)21-10-6-19(24(31)16-21)5-4-17-14-25(32)29(36)26(33)15-17/h6-16H,2-5H2,1H3. The summed E-state index contributed by atoms with van der Waals surface area (Å²) in [6.07, 6.45) is -3.07. The van der Waals surface area contributed by atoms with Crippen molar-refractivity contribution >= 4 is 0 Å². The lowest BCUT2D eigenvalue weighted by Gasteiger charge is -2.19. The number of hydrogen-bond donors (Lipinski definition) is 0. The van der Waals surface area contributed by atoms with Gasteiger partial charge in [-0.15, -0.1) is 0 Å². The van der Waals surface area contributed by atoms with Crippen molar-refractivity contribution in [3.8, 4) is 16.9 Å². The molecule has 0 fully saturated rings. The van der Waals surface area contributed by atoms with E-state index in [0.29, 0.717) is 18.9 Å². The van der Waals surface area contributed by atoms with E-state index in [-0.39, 0.29) is 46.4 Å². The van der Waals surface area contributed by atoms with E-state index in [9.17, 15) is 35.1 Å². The molecule has 0 radical (unpaired) electrons. The molecule has 0 aromatic heterocycles. The second-order valence-corrected chi connectivity index (χ2v) is 8.97. The van der Waals surface area contributed by atoms with Crippen LogP contribution in [0, 0.1) is 34.9 Å². The summed E-state index contributed by atoms with van der Waals surface area (Å²) >= 11 is 0. The van der Waals surface area contributed by atoms with Crippen molar-refractivity contribution in [3.05, 3.63) is 124 Å². The summed E-state index contributed by atoms with van der Waals surface area (Å²) in [7, 11) is 0. The van der Waals surface area contributed by atoms with E-state index in [2.05, 4.69) is 0 Å². The highest BCUT2D eigenvalue weighted by molar-refractivity contribution is 5.65. The van der Waals surface area contributed by atoms with Gasteiger partial charge >= 0.3 is 6.11 Å². The fraction of sp³-hybridized carbons (Fsp3) is 0.200. The number of ether oxygens (including phenoxy) is 1. The van der Waals surface area contributed by atoms with Crippen LogP contribution in [0.4, 0.5) is 35.1 Å². The summed E-state index contributed by atoms with van der Waals surface area (Å²) in [5.41, 5.74) is -0.244. The highest BCUT2D eigenvalue weighted by atomic mass is 19.3. The molecule has 0 bridgehead atoms. The molecule has 4 aromatic carbocycles. The molecule has 0 aliphatic rings. The van der Waals surface area contributed by atoms with Gasteiger partial charge in [0.15, 0.2) is 29.1 Å². The third kappa shape index (κ3) is 6.24. The SMILES string of the molecule is CCCc1ccc(-c2ccc(OC(F)(F)c3ccc(CCc4cc(F)c(F)c(F)c4)c(F)c3)cc2)c(F)c1F. The van der Waals surface area contributed by atoms with Gasteiger partial charge in [0.1, 0.15) is 11.6 Å². The van der Waals surface area contributed by atoms with E-state index < -0.39 is 46.6 Å². The van der Waals surface area contributed by atoms with Gasteiger partial charge in [0.05, 0.1) is 5.56 Å². The molecule has 0 atom stereocenters. The van der Waals surface area contributed by atoms with Crippen molar-refractivity contribution in [3.63, 3.8) is 0 Å². The molecule has 1 nitrogen and oxygen atoms in total. The van der Waals surface area contributed by atoms with E-state index in [4.69, 9.17) is 4.74 Å². The minimum atomic E-state index is -3.94. The van der Waals surface area contributed by atoms with Crippen LogP contribution in [0.3, 0.4) is 0 Å². The lowest BCUT2D eigenvalue weighted by atomic mass is 10.0. The number of alkyl halides is 2.